The molecule has 1 aliphatic carbocycles. The molecule has 0 radical (unpaired) electrons. The number of hydrogen-bond acceptors (Lipinski definition) is 2. The van der Waals surface area contributed by atoms with Crippen molar-refractivity contribution in [1.29, 1.82) is 0 Å². The van der Waals surface area contributed by atoms with E-state index in [1.165, 1.54) is 32.1 Å². The molecule has 5 heteroatoms. The van der Waals surface area contributed by atoms with Crippen LogP contribution in [0.2, 0.25) is 0 Å². The fraction of sp³-hybridized carbons (Fsp3) is 0.619. The van der Waals surface area contributed by atoms with Crippen molar-refractivity contribution in [2.24, 2.45) is 5.92 Å². The van der Waals surface area contributed by atoms with Crippen LogP contribution in [0.25, 0.3) is 0 Å². The molecule has 1 aromatic carbocycles. The zero-order chi connectivity index (χ0) is 19.1. The van der Waals surface area contributed by atoms with Crippen LogP contribution in [-0.2, 0) is 9.59 Å². The third-order valence-corrected chi connectivity index (χ3v) is 5.61. The third-order valence-electron chi connectivity index (χ3n) is 5.61. The summed E-state index contributed by atoms with van der Waals surface area (Å²) in [4.78, 5) is 25.7. The highest BCUT2D eigenvalue weighted by Crippen LogP contribution is 2.22. The van der Waals surface area contributed by atoms with E-state index in [-0.39, 0.29) is 24.4 Å². The van der Waals surface area contributed by atoms with E-state index >= 15 is 0 Å². The standard InChI is InChI=1S/C21H33N3O2/c1-15-9-8-10-16(2)20(15)23-19(25)14-24(4)17(3)21(26)22-13-18-11-6-5-7-12-18/h8-10,17-18H,5-7,11-14H2,1-4H3,(H,22,26)(H,23,25)/p+1/t17-/m0/s1. The number of anilines is 1. The molecule has 0 heterocycles. The quantitative estimate of drug-likeness (QED) is 0.695. The Morgan fingerprint density at radius 3 is 2.38 bits per heavy atom. The second-order valence-electron chi connectivity index (χ2n) is 7.81. The van der Waals surface area contributed by atoms with Crippen LogP contribution in [0.3, 0.4) is 0 Å². The van der Waals surface area contributed by atoms with Gasteiger partial charge in [0.15, 0.2) is 12.6 Å². The molecule has 26 heavy (non-hydrogen) atoms. The van der Waals surface area contributed by atoms with Gasteiger partial charge in [0.25, 0.3) is 11.8 Å². The second kappa shape index (κ2) is 9.72. The lowest BCUT2D eigenvalue weighted by atomic mass is 9.89. The van der Waals surface area contributed by atoms with Gasteiger partial charge < -0.3 is 15.5 Å². The maximum Gasteiger partial charge on any atom is 0.279 e. The molecular formula is C21H34N3O2+. The summed E-state index contributed by atoms with van der Waals surface area (Å²) in [5, 5.41) is 6.08. The predicted octanol–water partition coefficient (Wildman–Crippen LogP) is 1.84. The van der Waals surface area contributed by atoms with E-state index < -0.39 is 0 Å². The molecule has 0 spiro atoms. The third kappa shape index (κ3) is 5.84. The number of likely N-dealkylation sites (N-methyl/N-ethyl adjacent to an activating group) is 1. The zero-order valence-electron chi connectivity index (χ0n) is 16.7. The van der Waals surface area contributed by atoms with Gasteiger partial charge >= 0.3 is 0 Å². The number of aryl methyl sites for hydroxylation is 2. The van der Waals surface area contributed by atoms with Crippen LogP contribution in [0.15, 0.2) is 18.2 Å². The molecule has 1 saturated carbocycles. The van der Waals surface area contributed by atoms with E-state index in [2.05, 4.69) is 10.6 Å². The second-order valence-corrected chi connectivity index (χ2v) is 7.81. The monoisotopic (exact) mass is 360 g/mol. The van der Waals surface area contributed by atoms with Crippen LogP contribution < -0.4 is 15.5 Å². The molecule has 1 fully saturated rings. The number of carbonyl (C=O) groups is 2. The molecule has 2 atom stereocenters. The van der Waals surface area contributed by atoms with Crippen molar-refractivity contribution in [3.05, 3.63) is 29.3 Å². The van der Waals surface area contributed by atoms with Crippen molar-refractivity contribution in [3.63, 3.8) is 0 Å². The first-order chi connectivity index (χ1) is 12.4. The molecule has 0 saturated heterocycles. The van der Waals surface area contributed by atoms with Gasteiger partial charge in [-0.3, -0.25) is 9.59 Å². The Labute approximate surface area is 157 Å². The minimum absolute atomic E-state index is 0.0351. The molecule has 0 bridgehead atoms. The van der Waals surface area contributed by atoms with Gasteiger partial charge in [-0.15, -0.1) is 0 Å². The number of carbonyl (C=O) groups excluding carboxylic acids is 2. The van der Waals surface area contributed by atoms with Crippen molar-refractivity contribution in [2.45, 2.75) is 58.9 Å². The number of nitrogens with one attached hydrogen (secondary N) is 3. The Hall–Kier alpha value is -1.88. The first-order valence-electron chi connectivity index (χ1n) is 9.84. The highest BCUT2D eigenvalue weighted by molar-refractivity contribution is 5.93. The molecular weight excluding hydrogens is 326 g/mol. The summed E-state index contributed by atoms with van der Waals surface area (Å²) in [5.74, 6) is 0.590. The van der Waals surface area contributed by atoms with Crippen LogP contribution in [0.5, 0.6) is 0 Å². The predicted molar refractivity (Wildman–Crippen MR) is 105 cm³/mol. The van der Waals surface area contributed by atoms with Crippen LogP contribution in [0, 0.1) is 19.8 Å². The Bertz CT molecular complexity index is 603. The molecule has 0 aromatic heterocycles. The molecule has 3 N–H and O–H groups in total. The van der Waals surface area contributed by atoms with Crippen molar-refractivity contribution < 1.29 is 14.5 Å². The Balaban J connectivity index is 1.80. The van der Waals surface area contributed by atoms with Crippen LogP contribution in [-0.4, -0.2) is 38.0 Å². The lowest BCUT2D eigenvalue weighted by Gasteiger charge is -2.24. The summed E-state index contributed by atoms with van der Waals surface area (Å²) in [7, 11) is 1.90. The van der Waals surface area contributed by atoms with Crippen LogP contribution in [0.1, 0.15) is 50.2 Å². The van der Waals surface area contributed by atoms with Crippen LogP contribution >= 0.6 is 0 Å². The number of para-hydroxylation sites is 1. The van der Waals surface area contributed by atoms with E-state index in [4.69, 9.17) is 0 Å². The Kier molecular flexibility index (Phi) is 7.64. The number of quaternary nitrogens is 1. The van der Waals surface area contributed by atoms with Gasteiger partial charge in [0.1, 0.15) is 0 Å². The van der Waals surface area contributed by atoms with E-state index in [0.717, 1.165) is 28.3 Å². The number of rotatable bonds is 7. The summed E-state index contributed by atoms with van der Waals surface area (Å²) in [6, 6.07) is 5.71. The fourth-order valence-corrected chi connectivity index (χ4v) is 3.61. The van der Waals surface area contributed by atoms with E-state index in [1.54, 1.807) is 0 Å². The highest BCUT2D eigenvalue weighted by Gasteiger charge is 2.25. The molecule has 5 nitrogen and oxygen atoms in total. The zero-order valence-corrected chi connectivity index (χ0v) is 16.7. The lowest BCUT2D eigenvalue weighted by Crippen LogP contribution is -3.15. The van der Waals surface area contributed by atoms with Gasteiger partial charge in [-0.25, -0.2) is 0 Å². The highest BCUT2D eigenvalue weighted by atomic mass is 16.2. The van der Waals surface area contributed by atoms with Gasteiger partial charge in [0.05, 0.1) is 7.05 Å². The van der Waals surface area contributed by atoms with Crippen molar-refractivity contribution in [2.75, 3.05) is 25.5 Å². The van der Waals surface area contributed by atoms with Crippen molar-refractivity contribution in [3.8, 4) is 0 Å². The Morgan fingerprint density at radius 2 is 1.77 bits per heavy atom. The van der Waals surface area contributed by atoms with Gasteiger partial charge in [-0.05, 0) is 50.7 Å². The maximum atomic E-state index is 12.4. The normalized spacial score (nSPS) is 17.4. The average Bonchev–Trinajstić information content (AvgIpc) is 2.63. The number of amides is 2. The van der Waals surface area contributed by atoms with E-state index in [1.807, 2.05) is 46.0 Å². The molecule has 144 valence electrons. The summed E-state index contributed by atoms with van der Waals surface area (Å²) in [5.41, 5.74) is 2.98. The van der Waals surface area contributed by atoms with Crippen molar-refractivity contribution in [1.82, 2.24) is 5.32 Å². The Morgan fingerprint density at radius 1 is 1.15 bits per heavy atom. The minimum atomic E-state index is -0.248. The molecule has 0 aliphatic heterocycles. The van der Waals surface area contributed by atoms with Crippen molar-refractivity contribution >= 4 is 17.5 Å². The van der Waals surface area contributed by atoms with Crippen LogP contribution in [0.4, 0.5) is 5.69 Å². The summed E-state index contributed by atoms with van der Waals surface area (Å²) in [6.45, 7) is 6.90. The summed E-state index contributed by atoms with van der Waals surface area (Å²) < 4.78 is 0. The lowest BCUT2D eigenvalue weighted by molar-refractivity contribution is -0.885. The largest absolute Gasteiger partial charge is 0.351 e. The SMILES string of the molecule is Cc1cccc(C)c1NC(=O)C[NH+](C)[C@@H](C)C(=O)NCC1CCCCC1. The molecule has 1 unspecified atom stereocenters. The first-order valence-corrected chi connectivity index (χ1v) is 9.84. The van der Waals surface area contributed by atoms with Gasteiger partial charge in [0, 0.05) is 12.2 Å². The average molecular weight is 361 g/mol. The molecule has 1 aromatic rings. The van der Waals surface area contributed by atoms with Gasteiger partial charge in [-0.1, -0.05) is 37.5 Å². The summed E-state index contributed by atoms with van der Waals surface area (Å²) in [6.07, 6.45) is 6.31. The van der Waals surface area contributed by atoms with E-state index in [0.29, 0.717) is 5.92 Å². The summed E-state index contributed by atoms with van der Waals surface area (Å²) >= 11 is 0. The smallest absolute Gasteiger partial charge is 0.279 e. The van der Waals surface area contributed by atoms with Gasteiger partial charge in [-0.2, -0.15) is 0 Å². The first kappa shape index (κ1) is 20.4. The fourth-order valence-electron chi connectivity index (χ4n) is 3.61. The minimum Gasteiger partial charge on any atom is -0.351 e. The van der Waals surface area contributed by atoms with E-state index in [9.17, 15) is 9.59 Å². The topological polar surface area (TPSA) is 62.6 Å². The number of hydrogen-bond donors (Lipinski definition) is 3. The molecule has 2 amide bonds. The molecule has 2 rings (SSSR count). The molecule has 1 aliphatic rings. The van der Waals surface area contributed by atoms with Gasteiger partial charge in [0.2, 0.25) is 0 Å². The maximum absolute atomic E-state index is 12.4. The number of benzene rings is 1.